The summed E-state index contributed by atoms with van der Waals surface area (Å²) in [5, 5.41) is 0. The van der Waals surface area contributed by atoms with Gasteiger partial charge >= 0.3 is 0 Å². The van der Waals surface area contributed by atoms with Gasteiger partial charge < -0.3 is 9.80 Å². The van der Waals surface area contributed by atoms with E-state index in [0.29, 0.717) is 6.04 Å². The molecule has 5 heteroatoms. The maximum atomic E-state index is 4.27. The molecule has 0 amide bonds. The molecular formula is C12H19N5. The predicted octanol–water partition coefficient (Wildman–Crippen LogP) is 0.936. The highest BCUT2D eigenvalue weighted by Gasteiger charge is 2.28. The van der Waals surface area contributed by atoms with Gasteiger partial charge in [0.2, 0.25) is 5.95 Å². The van der Waals surface area contributed by atoms with Crippen molar-refractivity contribution in [3.05, 3.63) is 12.7 Å². The van der Waals surface area contributed by atoms with Crippen molar-refractivity contribution in [3.63, 3.8) is 0 Å². The Hall–Kier alpha value is -1.23. The first-order valence-electron chi connectivity index (χ1n) is 6.54. The lowest BCUT2D eigenvalue weighted by atomic mass is 10.2. The minimum atomic E-state index is 0.593. The third-order valence-corrected chi connectivity index (χ3v) is 3.78. The number of aromatic nitrogens is 3. The van der Waals surface area contributed by atoms with Gasteiger partial charge in [0.15, 0.2) is 0 Å². The number of nitrogens with zero attached hydrogens (tertiary/aromatic N) is 5. The fraction of sp³-hybridized carbons (Fsp3) is 0.750. The van der Waals surface area contributed by atoms with Crippen molar-refractivity contribution in [2.75, 3.05) is 31.1 Å². The highest BCUT2D eigenvalue weighted by molar-refractivity contribution is 5.31. The molecule has 0 saturated carbocycles. The second-order valence-electron chi connectivity index (χ2n) is 4.94. The van der Waals surface area contributed by atoms with Gasteiger partial charge in [0, 0.05) is 19.1 Å². The van der Waals surface area contributed by atoms with Crippen molar-refractivity contribution in [2.24, 2.45) is 0 Å². The number of hydrogen-bond acceptors (Lipinski definition) is 5. The van der Waals surface area contributed by atoms with Gasteiger partial charge in [0.1, 0.15) is 12.7 Å². The molecule has 0 aliphatic carbocycles. The zero-order chi connectivity index (χ0) is 11.5. The van der Waals surface area contributed by atoms with E-state index in [4.69, 9.17) is 0 Å². The Balaban J connectivity index is 1.67. The Morgan fingerprint density at radius 1 is 1.06 bits per heavy atom. The minimum absolute atomic E-state index is 0.593. The normalized spacial score (nSPS) is 25.6. The summed E-state index contributed by atoms with van der Waals surface area (Å²) < 4.78 is 0. The summed E-state index contributed by atoms with van der Waals surface area (Å²) >= 11 is 0. The van der Waals surface area contributed by atoms with Crippen molar-refractivity contribution in [2.45, 2.75) is 31.7 Å². The first-order chi connectivity index (χ1) is 8.43. The average Bonchev–Trinajstić information content (AvgIpc) is 3.02. The Labute approximate surface area is 102 Å². The second kappa shape index (κ2) is 4.96. The lowest BCUT2D eigenvalue weighted by Gasteiger charge is -2.28. The fourth-order valence-electron chi connectivity index (χ4n) is 2.93. The van der Waals surface area contributed by atoms with Crippen LogP contribution in [0.1, 0.15) is 25.7 Å². The summed E-state index contributed by atoms with van der Waals surface area (Å²) in [6.45, 7) is 4.79. The minimum Gasteiger partial charge on any atom is -0.336 e. The van der Waals surface area contributed by atoms with E-state index >= 15 is 0 Å². The molecule has 2 saturated heterocycles. The van der Waals surface area contributed by atoms with Crippen molar-refractivity contribution in [1.29, 1.82) is 0 Å². The molecule has 2 aliphatic heterocycles. The molecule has 5 nitrogen and oxygen atoms in total. The highest BCUT2D eigenvalue weighted by atomic mass is 15.3. The molecule has 1 atom stereocenters. The number of likely N-dealkylation sites (tertiary alicyclic amines) is 1. The predicted molar refractivity (Wildman–Crippen MR) is 65.9 cm³/mol. The molecule has 0 radical (unpaired) electrons. The first-order valence-corrected chi connectivity index (χ1v) is 6.54. The monoisotopic (exact) mass is 233 g/mol. The van der Waals surface area contributed by atoms with Crippen LogP contribution in [-0.2, 0) is 0 Å². The number of hydrogen-bond donors (Lipinski definition) is 0. The Morgan fingerprint density at radius 3 is 2.59 bits per heavy atom. The molecule has 3 heterocycles. The first kappa shape index (κ1) is 10.9. The van der Waals surface area contributed by atoms with Crippen molar-refractivity contribution in [3.8, 4) is 0 Å². The van der Waals surface area contributed by atoms with Crippen LogP contribution in [0.3, 0.4) is 0 Å². The average molecular weight is 233 g/mol. The van der Waals surface area contributed by atoms with Crippen LogP contribution in [0.4, 0.5) is 5.95 Å². The van der Waals surface area contributed by atoms with Gasteiger partial charge in [0.25, 0.3) is 0 Å². The standard InChI is InChI=1S/C12H19N5/c1-2-6-16(5-1)8-11-4-3-7-17(11)12-14-9-13-10-15-12/h9-11H,1-8H2. The SMILES string of the molecule is c1ncnc(N2CCCC2CN2CCCC2)n1. The smallest absolute Gasteiger partial charge is 0.228 e. The third kappa shape index (κ3) is 2.39. The molecule has 1 aromatic heterocycles. The molecule has 0 bridgehead atoms. The van der Waals surface area contributed by atoms with Crippen LogP contribution in [-0.4, -0.2) is 52.1 Å². The summed E-state index contributed by atoms with van der Waals surface area (Å²) in [5.74, 6) is 0.849. The van der Waals surface area contributed by atoms with Gasteiger partial charge in [-0.1, -0.05) is 0 Å². The van der Waals surface area contributed by atoms with E-state index in [2.05, 4.69) is 24.8 Å². The van der Waals surface area contributed by atoms with E-state index in [9.17, 15) is 0 Å². The largest absolute Gasteiger partial charge is 0.336 e. The van der Waals surface area contributed by atoms with E-state index < -0.39 is 0 Å². The second-order valence-corrected chi connectivity index (χ2v) is 4.94. The summed E-state index contributed by atoms with van der Waals surface area (Å²) in [7, 11) is 0. The summed E-state index contributed by atoms with van der Waals surface area (Å²) in [4.78, 5) is 17.3. The molecule has 3 rings (SSSR count). The molecule has 0 N–H and O–H groups in total. The van der Waals surface area contributed by atoms with Crippen LogP contribution >= 0.6 is 0 Å². The Morgan fingerprint density at radius 2 is 1.82 bits per heavy atom. The van der Waals surface area contributed by atoms with E-state index in [1.54, 1.807) is 12.7 Å². The van der Waals surface area contributed by atoms with E-state index in [-0.39, 0.29) is 0 Å². The summed E-state index contributed by atoms with van der Waals surface area (Å²) in [6, 6.07) is 0.593. The van der Waals surface area contributed by atoms with Crippen LogP contribution in [0, 0.1) is 0 Å². The zero-order valence-electron chi connectivity index (χ0n) is 10.1. The third-order valence-electron chi connectivity index (χ3n) is 3.78. The van der Waals surface area contributed by atoms with Crippen LogP contribution < -0.4 is 4.90 Å². The Bertz CT molecular complexity index is 349. The highest BCUT2D eigenvalue weighted by Crippen LogP contribution is 2.23. The molecular weight excluding hydrogens is 214 g/mol. The van der Waals surface area contributed by atoms with Crippen molar-refractivity contribution < 1.29 is 0 Å². The maximum Gasteiger partial charge on any atom is 0.228 e. The molecule has 2 aliphatic rings. The van der Waals surface area contributed by atoms with Crippen molar-refractivity contribution >= 4 is 5.95 Å². The maximum absolute atomic E-state index is 4.27. The lowest BCUT2D eigenvalue weighted by molar-refractivity contribution is 0.313. The van der Waals surface area contributed by atoms with Gasteiger partial charge in [-0.2, -0.15) is 0 Å². The van der Waals surface area contributed by atoms with E-state index in [1.165, 1.54) is 45.3 Å². The number of rotatable bonds is 3. The molecule has 1 unspecified atom stereocenters. The van der Waals surface area contributed by atoms with Crippen LogP contribution in [0.2, 0.25) is 0 Å². The number of anilines is 1. The molecule has 2 fully saturated rings. The van der Waals surface area contributed by atoms with Crippen molar-refractivity contribution in [1.82, 2.24) is 19.9 Å². The molecule has 1 aromatic rings. The van der Waals surface area contributed by atoms with Gasteiger partial charge in [-0.25, -0.2) is 15.0 Å². The topological polar surface area (TPSA) is 45.2 Å². The summed E-state index contributed by atoms with van der Waals surface area (Å²) in [6.07, 6.45) is 8.42. The molecule has 17 heavy (non-hydrogen) atoms. The lowest BCUT2D eigenvalue weighted by Crippen LogP contribution is -2.40. The summed E-state index contributed by atoms with van der Waals surface area (Å²) in [5.41, 5.74) is 0. The van der Waals surface area contributed by atoms with E-state index in [0.717, 1.165) is 12.5 Å². The molecule has 0 spiro atoms. The van der Waals surface area contributed by atoms with Gasteiger partial charge in [0.05, 0.1) is 0 Å². The van der Waals surface area contributed by atoms with Crippen LogP contribution in [0.5, 0.6) is 0 Å². The van der Waals surface area contributed by atoms with E-state index in [1.807, 2.05) is 0 Å². The zero-order valence-corrected chi connectivity index (χ0v) is 10.1. The van der Waals surface area contributed by atoms with Gasteiger partial charge in [-0.05, 0) is 38.8 Å². The van der Waals surface area contributed by atoms with Gasteiger partial charge in [-0.3, -0.25) is 0 Å². The Kier molecular flexibility index (Phi) is 3.18. The fourth-order valence-corrected chi connectivity index (χ4v) is 2.93. The van der Waals surface area contributed by atoms with Crippen LogP contribution in [0.15, 0.2) is 12.7 Å². The molecule has 0 aromatic carbocycles. The van der Waals surface area contributed by atoms with Gasteiger partial charge in [-0.15, -0.1) is 0 Å². The quantitative estimate of drug-likeness (QED) is 0.777. The van der Waals surface area contributed by atoms with Crippen LogP contribution in [0.25, 0.3) is 0 Å². The molecule has 92 valence electrons.